The first-order chi connectivity index (χ1) is 12.7. The molecule has 0 unspecified atom stereocenters. The number of esters is 1. The van der Waals surface area contributed by atoms with Crippen molar-refractivity contribution in [3.63, 3.8) is 0 Å². The fraction of sp³-hybridized carbons (Fsp3) is 0.421. The van der Waals surface area contributed by atoms with Gasteiger partial charge in [-0.3, -0.25) is 0 Å². The zero-order valence-corrected chi connectivity index (χ0v) is 14.9. The van der Waals surface area contributed by atoms with E-state index in [4.69, 9.17) is 9.47 Å². The van der Waals surface area contributed by atoms with Gasteiger partial charge in [-0.05, 0) is 50.3 Å². The first-order valence-corrected chi connectivity index (χ1v) is 8.89. The van der Waals surface area contributed by atoms with Gasteiger partial charge < -0.3 is 14.8 Å². The van der Waals surface area contributed by atoms with Crippen LogP contribution in [0.15, 0.2) is 41.9 Å². The van der Waals surface area contributed by atoms with Gasteiger partial charge in [-0.15, -0.1) is 0 Å². The lowest BCUT2D eigenvalue weighted by molar-refractivity contribution is -0.144. The summed E-state index contributed by atoms with van der Waals surface area (Å²) >= 11 is 0. The number of fused-ring (bicyclic) bond motifs is 1. The highest BCUT2D eigenvalue weighted by Gasteiger charge is 2.35. The number of hydrogen-bond acceptors (Lipinski definition) is 6. The van der Waals surface area contributed by atoms with Gasteiger partial charge in [-0.2, -0.15) is 10.1 Å². The van der Waals surface area contributed by atoms with Crippen LogP contribution in [0.2, 0.25) is 0 Å². The maximum absolute atomic E-state index is 13.0. The summed E-state index contributed by atoms with van der Waals surface area (Å²) in [6.07, 6.45) is 5.58. The lowest BCUT2D eigenvalue weighted by Gasteiger charge is -2.29. The number of methoxy groups -OCH3 is 1. The topological polar surface area (TPSA) is 78.3 Å². The molecule has 1 aromatic carbocycles. The van der Waals surface area contributed by atoms with Gasteiger partial charge in [-0.1, -0.05) is 12.1 Å². The van der Waals surface area contributed by atoms with Crippen LogP contribution in [0.3, 0.4) is 0 Å². The Labute approximate surface area is 152 Å². The standard InChI is InChI=1S/C19H22N4O3/c1-12-16(18(24)26-14-7-3-4-8-14)17(23-19(22-12)20-11-21-23)13-6-5-9-15(10-13)25-2/h5-6,9-11,14,17H,3-4,7-8H2,1-2H3,(H,20,21,22)/t17-/m0/s1. The number of hydrogen-bond donors (Lipinski definition) is 1. The molecular weight excluding hydrogens is 332 g/mol. The number of anilines is 1. The molecule has 1 aromatic heterocycles. The van der Waals surface area contributed by atoms with E-state index in [2.05, 4.69) is 15.4 Å². The molecule has 1 N–H and O–H groups in total. The van der Waals surface area contributed by atoms with Crippen molar-refractivity contribution in [2.75, 3.05) is 12.4 Å². The molecule has 0 saturated heterocycles. The molecule has 4 rings (SSSR count). The zero-order chi connectivity index (χ0) is 18.1. The number of rotatable bonds is 4. The highest BCUT2D eigenvalue weighted by atomic mass is 16.5. The fourth-order valence-corrected chi connectivity index (χ4v) is 3.70. The van der Waals surface area contributed by atoms with Gasteiger partial charge in [0.05, 0.1) is 12.7 Å². The van der Waals surface area contributed by atoms with Gasteiger partial charge in [-0.25, -0.2) is 9.48 Å². The Morgan fingerprint density at radius 2 is 2.12 bits per heavy atom. The summed E-state index contributed by atoms with van der Waals surface area (Å²) in [5.41, 5.74) is 2.19. The molecule has 2 heterocycles. The first-order valence-electron chi connectivity index (χ1n) is 8.89. The Morgan fingerprint density at radius 3 is 2.88 bits per heavy atom. The molecule has 0 bridgehead atoms. The molecule has 1 aliphatic heterocycles. The minimum absolute atomic E-state index is 0.00547. The first kappa shape index (κ1) is 16.6. The number of carbonyl (C=O) groups is 1. The number of nitrogens with zero attached hydrogens (tertiary/aromatic N) is 3. The Balaban J connectivity index is 1.74. The quantitative estimate of drug-likeness (QED) is 0.850. The Bertz CT molecular complexity index is 852. The summed E-state index contributed by atoms with van der Waals surface area (Å²) in [7, 11) is 1.62. The highest BCUT2D eigenvalue weighted by Crippen LogP contribution is 2.37. The Hall–Kier alpha value is -2.83. The summed E-state index contributed by atoms with van der Waals surface area (Å²) in [4.78, 5) is 17.3. The number of benzene rings is 1. The minimum Gasteiger partial charge on any atom is -0.497 e. The molecule has 26 heavy (non-hydrogen) atoms. The third kappa shape index (κ3) is 2.94. The van der Waals surface area contributed by atoms with Crippen LogP contribution in [-0.4, -0.2) is 33.9 Å². The monoisotopic (exact) mass is 354 g/mol. The van der Waals surface area contributed by atoms with Crippen molar-refractivity contribution in [2.24, 2.45) is 0 Å². The van der Waals surface area contributed by atoms with Crippen molar-refractivity contribution < 1.29 is 14.3 Å². The van der Waals surface area contributed by atoms with E-state index in [1.165, 1.54) is 6.33 Å². The van der Waals surface area contributed by atoms with Gasteiger partial charge in [0.2, 0.25) is 5.95 Å². The van der Waals surface area contributed by atoms with E-state index in [1.807, 2.05) is 31.2 Å². The molecule has 0 spiro atoms. The number of carbonyl (C=O) groups excluding carboxylic acids is 1. The molecule has 0 radical (unpaired) electrons. The van der Waals surface area contributed by atoms with E-state index in [1.54, 1.807) is 11.8 Å². The van der Waals surface area contributed by atoms with Gasteiger partial charge in [0.25, 0.3) is 0 Å². The molecule has 136 valence electrons. The van der Waals surface area contributed by atoms with Crippen LogP contribution < -0.4 is 10.1 Å². The van der Waals surface area contributed by atoms with E-state index in [0.29, 0.717) is 11.5 Å². The Morgan fingerprint density at radius 1 is 1.31 bits per heavy atom. The van der Waals surface area contributed by atoms with Crippen LogP contribution in [0.5, 0.6) is 5.75 Å². The van der Waals surface area contributed by atoms with Crippen molar-refractivity contribution in [3.05, 3.63) is 47.4 Å². The summed E-state index contributed by atoms with van der Waals surface area (Å²) in [5, 5.41) is 7.49. The molecule has 1 fully saturated rings. The molecule has 7 heteroatoms. The van der Waals surface area contributed by atoms with Gasteiger partial charge in [0, 0.05) is 5.70 Å². The van der Waals surface area contributed by atoms with Crippen molar-refractivity contribution in [1.29, 1.82) is 0 Å². The van der Waals surface area contributed by atoms with E-state index in [-0.39, 0.29) is 12.1 Å². The lowest BCUT2D eigenvalue weighted by atomic mass is 9.95. The summed E-state index contributed by atoms with van der Waals surface area (Å²) in [6, 6.07) is 7.25. The van der Waals surface area contributed by atoms with E-state index in [9.17, 15) is 4.79 Å². The normalized spacial score (nSPS) is 19.8. The van der Waals surface area contributed by atoms with E-state index in [0.717, 1.165) is 42.7 Å². The van der Waals surface area contributed by atoms with Crippen molar-refractivity contribution >= 4 is 11.9 Å². The predicted molar refractivity (Wildman–Crippen MR) is 95.8 cm³/mol. The zero-order valence-electron chi connectivity index (χ0n) is 14.9. The third-order valence-corrected chi connectivity index (χ3v) is 5.00. The highest BCUT2D eigenvalue weighted by molar-refractivity contribution is 5.92. The molecule has 2 aliphatic rings. The minimum atomic E-state index is -0.405. The molecule has 1 atom stereocenters. The van der Waals surface area contributed by atoms with Crippen LogP contribution in [0.25, 0.3) is 0 Å². The molecule has 7 nitrogen and oxygen atoms in total. The van der Waals surface area contributed by atoms with Crippen molar-refractivity contribution in [2.45, 2.75) is 44.8 Å². The SMILES string of the molecule is COc1cccc([C@H]2C(C(=O)OC3CCCC3)=C(C)Nc3ncnn32)c1. The summed E-state index contributed by atoms with van der Waals surface area (Å²) < 4.78 is 12.9. The number of aromatic nitrogens is 3. The number of nitrogens with one attached hydrogen (secondary N) is 1. The largest absolute Gasteiger partial charge is 0.497 e. The summed E-state index contributed by atoms with van der Waals surface area (Å²) in [6.45, 7) is 1.87. The Kier molecular flexibility index (Phi) is 4.36. The van der Waals surface area contributed by atoms with Crippen molar-refractivity contribution in [3.8, 4) is 5.75 Å². The van der Waals surface area contributed by atoms with Crippen LogP contribution >= 0.6 is 0 Å². The predicted octanol–water partition coefficient (Wildman–Crippen LogP) is 3.06. The summed E-state index contributed by atoms with van der Waals surface area (Å²) in [5.74, 6) is 1.03. The number of allylic oxidation sites excluding steroid dienone is 1. The molecule has 1 saturated carbocycles. The van der Waals surface area contributed by atoms with Crippen LogP contribution in [0, 0.1) is 0 Å². The average molecular weight is 354 g/mol. The van der Waals surface area contributed by atoms with Crippen molar-refractivity contribution in [1.82, 2.24) is 14.8 Å². The van der Waals surface area contributed by atoms with Gasteiger partial charge in [0.15, 0.2) is 0 Å². The molecule has 1 aliphatic carbocycles. The van der Waals surface area contributed by atoms with Gasteiger partial charge >= 0.3 is 5.97 Å². The second-order valence-corrected chi connectivity index (χ2v) is 6.68. The van der Waals surface area contributed by atoms with Crippen LogP contribution in [-0.2, 0) is 9.53 Å². The lowest BCUT2D eigenvalue weighted by Crippen LogP contribution is -2.31. The van der Waals surface area contributed by atoms with Crippen LogP contribution in [0.4, 0.5) is 5.95 Å². The molecule has 2 aromatic rings. The molecule has 0 amide bonds. The van der Waals surface area contributed by atoms with E-state index < -0.39 is 6.04 Å². The number of ether oxygens (including phenoxy) is 2. The van der Waals surface area contributed by atoms with Gasteiger partial charge in [0.1, 0.15) is 24.2 Å². The second kappa shape index (κ2) is 6.82. The maximum atomic E-state index is 13.0. The third-order valence-electron chi connectivity index (χ3n) is 5.00. The van der Waals surface area contributed by atoms with Crippen LogP contribution in [0.1, 0.15) is 44.2 Å². The fourth-order valence-electron chi connectivity index (χ4n) is 3.70. The molecular formula is C19H22N4O3. The maximum Gasteiger partial charge on any atom is 0.338 e. The average Bonchev–Trinajstić information content (AvgIpc) is 3.32. The second-order valence-electron chi connectivity index (χ2n) is 6.68. The smallest absolute Gasteiger partial charge is 0.338 e. The van der Waals surface area contributed by atoms with E-state index >= 15 is 0 Å².